The lowest BCUT2D eigenvalue weighted by molar-refractivity contribution is -0.197. The molecule has 2 aromatic rings. The highest BCUT2D eigenvalue weighted by molar-refractivity contribution is 5.68. The van der Waals surface area contributed by atoms with E-state index in [1.54, 1.807) is 5.06 Å². The Kier molecular flexibility index (Phi) is 5.98. The molecule has 0 heterocycles. The van der Waals surface area contributed by atoms with Crippen LogP contribution in [0.5, 0.6) is 0 Å². The molecule has 0 unspecified atom stereocenters. The first-order valence-corrected chi connectivity index (χ1v) is 7.31. The summed E-state index contributed by atoms with van der Waals surface area (Å²) in [5, 5.41) is 1.72. The van der Waals surface area contributed by atoms with Gasteiger partial charge in [-0.05, 0) is 17.5 Å². The van der Waals surface area contributed by atoms with Crippen LogP contribution in [0.3, 0.4) is 0 Å². The fraction of sp³-hybridized carbons (Fsp3) is 0.278. The molecule has 0 aliphatic rings. The van der Waals surface area contributed by atoms with Crippen molar-refractivity contribution in [3.63, 3.8) is 0 Å². The average Bonchev–Trinajstić information content (AvgIpc) is 2.49. The quantitative estimate of drug-likeness (QED) is 0.721. The predicted molar refractivity (Wildman–Crippen MR) is 83.1 cm³/mol. The van der Waals surface area contributed by atoms with Crippen molar-refractivity contribution in [3.05, 3.63) is 71.8 Å². The number of hydrogen-bond acceptors (Lipinski definition) is 3. The lowest BCUT2D eigenvalue weighted by Gasteiger charge is -2.21. The molecule has 110 valence electrons. The van der Waals surface area contributed by atoms with Crippen molar-refractivity contribution in [2.45, 2.75) is 32.9 Å². The van der Waals surface area contributed by atoms with Crippen molar-refractivity contribution >= 4 is 5.97 Å². The maximum atomic E-state index is 11.8. The zero-order valence-electron chi connectivity index (χ0n) is 12.4. The molecule has 0 atom stereocenters. The third-order valence-corrected chi connectivity index (χ3v) is 3.09. The first-order valence-electron chi connectivity index (χ1n) is 7.31. The topological polar surface area (TPSA) is 29.5 Å². The molecule has 0 amide bonds. The molecular weight excluding hydrogens is 262 g/mol. The van der Waals surface area contributed by atoms with E-state index >= 15 is 0 Å². The van der Waals surface area contributed by atoms with Gasteiger partial charge in [0.1, 0.15) is 0 Å². The van der Waals surface area contributed by atoms with Gasteiger partial charge in [0.15, 0.2) is 0 Å². The summed E-state index contributed by atoms with van der Waals surface area (Å²) >= 11 is 0. The van der Waals surface area contributed by atoms with Crippen LogP contribution in [0, 0.1) is 0 Å². The minimum atomic E-state index is -0.177. The SMILES string of the molecule is CCCC(=O)ON(Cc1ccccc1)Cc1ccccc1. The van der Waals surface area contributed by atoms with E-state index in [1.165, 1.54) is 0 Å². The Bertz CT molecular complexity index is 498. The maximum absolute atomic E-state index is 11.8. The molecule has 0 aliphatic carbocycles. The lowest BCUT2D eigenvalue weighted by Crippen LogP contribution is -2.26. The van der Waals surface area contributed by atoms with E-state index in [0.717, 1.165) is 17.5 Å². The van der Waals surface area contributed by atoms with Crippen LogP contribution in [0.15, 0.2) is 60.7 Å². The van der Waals surface area contributed by atoms with E-state index < -0.39 is 0 Å². The van der Waals surface area contributed by atoms with E-state index in [9.17, 15) is 4.79 Å². The van der Waals surface area contributed by atoms with Crippen molar-refractivity contribution < 1.29 is 9.63 Å². The zero-order chi connectivity index (χ0) is 14.9. The molecule has 21 heavy (non-hydrogen) atoms. The molecule has 0 fully saturated rings. The van der Waals surface area contributed by atoms with Gasteiger partial charge >= 0.3 is 5.97 Å². The van der Waals surface area contributed by atoms with E-state index in [1.807, 2.05) is 67.6 Å². The Hall–Kier alpha value is -2.13. The van der Waals surface area contributed by atoms with Crippen LogP contribution in [0.1, 0.15) is 30.9 Å². The highest BCUT2D eigenvalue weighted by Gasteiger charge is 2.12. The van der Waals surface area contributed by atoms with Gasteiger partial charge in [-0.2, -0.15) is 0 Å². The van der Waals surface area contributed by atoms with Gasteiger partial charge in [0.05, 0.1) is 13.1 Å². The van der Waals surface area contributed by atoms with Gasteiger partial charge in [-0.1, -0.05) is 67.6 Å². The molecule has 0 N–H and O–H groups in total. The van der Waals surface area contributed by atoms with Crippen molar-refractivity contribution in [3.8, 4) is 0 Å². The number of carbonyl (C=O) groups is 1. The van der Waals surface area contributed by atoms with Crippen molar-refractivity contribution in [1.82, 2.24) is 5.06 Å². The van der Waals surface area contributed by atoms with Crippen molar-refractivity contribution in [2.75, 3.05) is 0 Å². The molecule has 3 heteroatoms. The lowest BCUT2D eigenvalue weighted by atomic mass is 10.2. The summed E-state index contributed by atoms with van der Waals surface area (Å²) in [6.07, 6.45) is 1.24. The van der Waals surface area contributed by atoms with Crippen LogP contribution >= 0.6 is 0 Å². The van der Waals surface area contributed by atoms with Crippen LogP contribution in [0.2, 0.25) is 0 Å². The summed E-state index contributed by atoms with van der Waals surface area (Å²) in [6, 6.07) is 20.1. The summed E-state index contributed by atoms with van der Waals surface area (Å²) in [6.45, 7) is 3.15. The second kappa shape index (κ2) is 8.22. The maximum Gasteiger partial charge on any atom is 0.325 e. The molecule has 2 rings (SSSR count). The molecule has 0 saturated carbocycles. The Morgan fingerprint density at radius 3 is 1.81 bits per heavy atom. The number of hydroxylamine groups is 2. The van der Waals surface area contributed by atoms with Crippen LogP contribution in [0.25, 0.3) is 0 Å². The van der Waals surface area contributed by atoms with Crippen LogP contribution in [0.4, 0.5) is 0 Å². The second-order valence-electron chi connectivity index (χ2n) is 4.98. The van der Waals surface area contributed by atoms with Crippen molar-refractivity contribution in [1.29, 1.82) is 0 Å². The fourth-order valence-corrected chi connectivity index (χ4v) is 2.09. The monoisotopic (exact) mass is 283 g/mol. The summed E-state index contributed by atoms with van der Waals surface area (Å²) < 4.78 is 0. The smallest absolute Gasteiger partial charge is 0.325 e. The standard InChI is InChI=1S/C18H21NO2/c1-2-9-18(20)21-19(14-16-10-5-3-6-11-16)15-17-12-7-4-8-13-17/h3-8,10-13H,2,9,14-15H2,1H3. The van der Waals surface area contributed by atoms with E-state index in [4.69, 9.17) is 4.84 Å². The van der Waals surface area contributed by atoms with Gasteiger partial charge in [0.2, 0.25) is 0 Å². The van der Waals surface area contributed by atoms with Gasteiger partial charge in [0.25, 0.3) is 0 Å². The normalized spacial score (nSPS) is 10.6. The molecule has 0 radical (unpaired) electrons. The van der Waals surface area contributed by atoms with Gasteiger partial charge in [-0.15, -0.1) is 5.06 Å². The molecule has 0 bridgehead atoms. The third-order valence-electron chi connectivity index (χ3n) is 3.09. The van der Waals surface area contributed by atoms with Gasteiger partial charge in [0, 0.05) is 6.42 Å². The van der Waals surface area contributed by atoms with Crippen LogP contribution < -0.4 is 0 Å². The Morgan fingerprint density at radius 2 is 1.38 bits per heavy atom. The summed E-state index contributed by atoms with van der Waals surface area (Å²) in [5.41, 5.74) is 2.25. The molecule has 0 spiro atoms. The van der Waals surface area contributed by atoms with Gasteiger partial charge in [-0.3, -0.25) is 4.79 Å². The second-order valence-corrected chi connectivity index (χ2v) is 4.98. The van der Waals surface area contributed by atoms with E-state index in [-0.39, 0.29) is 5.97 Å². The Balaban J connectivity index is 2.04. The zero-order valence-corrected chi connectivity index (χ0v) is 12.4. The molecule has 0 aliphatic heterocycles. The number of rotatable bonds is 7. The third kappa shape index (κ3) is 5.40. The van der Waals surface area contributed by atoms with Crippen LogP contribution in [-0.4, -0.2) is 11.0 Å². The van der Waals surface area contributed by atoms with E-state index in [0.29, 0.717) is 19.5 Å². The fourth-order valence-electron chi connectivity index (χ4n) is 2.09. The summed E-state index contributed by atoms with van der Waals surface area (Å²) in [5.74, 6) is -0.177. The predicted octanol–water partition coefficient (Wildman–Crippen LogP) is 3.95. The Labute approximate surface area is 126 Å². The average molecular weight is 283 g/mol. The van der Waals surface area contributed by atoms with E-state index in [2.05, 4.69) is 0 Å². The van der Waals surface area contributed by atoms with Crippen LogP contribution in [-0.2, 0) is 22.7 Å². The Morgan fingerprint density at radius 1 is 0.905 bits per heavy atom. The largest absolute Gasteiger partial charge is 0.367 e. The molecule has 0 aromatic heterocycles. The van der Waals surface area contributed by atoms with Gasteiger partial charge < -0.3 is 4.84 Å². The minimum absolute atomic E-state index is 0.177. The molecular formula is C18H21NO2. The number of benzene rings is 2. The molecule has 0 saturated heterocycles. The van der Waals surface area contributed by atoms with Gasteiger partial charge in [-0.25, -0.2) is 0 Å². The van der Waals surface area contributed by atoms with Crippen molar-refractivity contribution in [2.24, 2.45) is 0 Å². The highest BCUT2D eigenvalue weighted by Crippen LogP contribution is 2.11. The highest BCUT2D eigenvalue weighted by atomic mass is 16.7. The molecule has 3 nitrogen and oxygen atoms in total. The first kappa shape index (κ1) is 15.3. The number of hydrogen-bond donors (Lipinski definition) is 0. The number of nitrogens with zero attached hydrogens (tertiary/aromatic N) is 1. The summed E-state index contributed by atoms with van der Waals surface area (Å²) in [7, 11) is 0. The first-order chi connectivity index (χ1) is 10.3. The number of carbonyl (C=O) groups excluding carboxylic acids is 1. The summed E-state index contributed by atoms with van der Waals surface area (Å²) in [4.78, 5) is 17.3. The molecule has 2 aromatic carbocycles. The minimum Gasteiger partial charge on any atom is -0.367 e.